The summed E-state index contributed by atoms with van der Waals surface area (Å²) in [6.07, 6.45) is 2.59. The van der Waals surface area contributed by atoms with Crippen molar-refractivity contribution in [3.63, 3.8) is 0 Å². The van der Waals surface area contributed by atoms with Crippen LogP contribution in [0, 0.1) is 5.82 Å². The third kappa shape index (κ3) is 3.12. The molecule has 1 aliphatic rings. The molecular weight excluding hydrogens is 299 g/mol. The maximum atomic E-state index is 13.2. The molecule has 5 nitrogen and oxygen atoms in total. The Labute approximate surface area is 133 Å². The average molecular weight is 318 g/mol. The monoisotopic (exact) mass is 318 g/mol. The van der Waals surface area contributed by atoms with Crippen LogP contribution in [0.5, 0.6) is 0 Å². The molecule has 0 saturated carbocycles. The van der Waals surface area contributed by atoms with Crippen molar-refractivity contribution in [1.82, 2.24) is 9.78 Å². The number of aromatic nitrogens is 2. The van der Waals surface area contributed by atoms with Crippen LogP contribution in [0.15, 0.2) is 24.3 Å². The second-order valence-corrected chi connectivity index (χ2v) is 5.85. The van der Waals surface area contributed by atoms with E-state index in [1.807, 2.05) is 0 Å². The third-order valence-corrected chi connectivity index (χ3v) is 4.32. The van der Waals surface area contributed by atoms with E-state index in [1.165, 1.54) is 12.1 Å². The predicted molar refractivity (Wildman–Crippen MR) is 82.6 cm³/mol. The van der Waals surface area contributed by atoms with Crippen LogP contribution in [0.2, 0.25) is 0 Å². The van der Waals surface area contributed by atoms with Crippen LogP contribution in [0.4, 0.5) is 4.39 Å². The zero-order valence-corrected chi connectivity index (χ0v) is 12.7. The number of carboxylic acids is 1. The van der Waals surface area contributed by atoms with Gasteiger partial charge in [-0.2, -0.15) is 5.10 Å². The van der Waals surface area contributed by atoms with Gasteiger partial charge in [0.05, 0.1) is 25.3 Å². The maximum absolute atomic E-state index is 13.2. The average Bonchev–Trinajstić information content (AvgIpc) is 2.88. The molecule has 1 aliphatic carbocycles. The molecule has 122 valence electrons. The molecule has 2 aromatic rings. The third-order valence-electron chi connectivity index (χ3n) is 4.32. The topological polar surface area (TPSA) is 75.3 Å². The number of halogens is 1. The van der Waals surface area contributed by atoms with Gasteiger partial charge in [-0.3, -0.25) is 9.48 Å². The quantitative estimate of drug-likeness (QED) is 0.888. The Balaban J connectivity index is 2.11. The number of fused-ring (bicyclic) bond motifs is 1. The van der Waals surface area contributed by atoms with E-state index in [2.05, 4.69) is 5.10 Å². The zero-order valence-electron chi connectivity index (χ0n) is 12.7. The number of aliphatic carboxylic acids is 1. The maximum Gasteiger partial charge on any atom is 0.303 e. The summed E-state index contributed by atoms with van der Waals surface area (Å²) < 4.78 is 14.9. The first-order valence-corrected chi connectivity index (χ1v) is 7.78. The standard InChI is InChI=1S/C17H19FN2O3/c18-13-6-4-11(5-7-13)17-16-12(10-15(22)23)2-1-3-14(16)20(19-17)8-9-21/h4-7,12,21H,1-3,8-10H2,(H,22,23). The number of rotatable bonds is 5. The molecule has 1 heterocycles. The van der Waals surface area contributed by atoms with Gasteiger partial charge in [0.25, 0.3) is 0 Å². The Kier molecular flexibility index (Phi) is 4.43. The van der Waals surface area contributed by atoms with Gasteiger partial charge in [0, 0.05) is 16.8 Å². The number of benzene rings is 1. The lowest BCUT2D eigenvalue weighted by Crippen LogP contribution is -2.16. The summed E-state index contributed by atoms with van der Waals surface area (Å²) in [4.78, 5) is 11.2. The molecule has 1 aromatic carbocycles. The van der Waals surface area contributed by atoms with Crippen LogP contribution < -0.4 is 0 Å². The van der Waals surface area contributed by atoms with Gasteiger partial charge in [-0.1, -0.05) is 0 Å². The lowest BCUT2D eigenvalue weighted by molar-refractivity contribution is -0.137. The summed E-state index contributed by atoms with van der Waals surface area (Å²) in [6.45, 7) is 0.351. The van der Waals surface area contributed by atoms with Crippen molar-refractivity contribution >= 4 is 5.97 Å². The minimum Gasteiger partial charge on any atom is -0.481 e. The van der Waals surface area contributed by atoms with Gasteiger partial charge < -0.3 is 10.2 Å². The van der Waals surface area contributed by atoms with Crippen molar-refractivity contribution in [2.45, 2.75) is 38.1 Å². The van der Waals surface area contributed by atoms with Crippen LogP contribution in [0.3, 0.4) is 0 Å². The Hall–Kier alpha value is -2.21. The molecule has 3 rings (SSSR count). The normalized spacial score (nSPS) is 17.0. The number of aliphatic hydroxyl groups is 1. The van der Waals surface area contributed by atoms with Gasteiger partial charge >= 0.3 is 5.97 Å². The zero-order chi connectivity index (χ0) is 16.4. The number of carboxylic acid groups (broad SMARTS) is 1. The largest absolute Gasteiger partial charge is 0.481 e. The molecule has 2 N–H and O–H groups in total. The van der Waals surface area contributed by atoms with Gasteiger partial charge in [0.1, 0.15) is 5.82 Å². The molecule has 0 fully saturated rings. The summed E-state index contributed by atoms with van der Waals surface area (Å²) >= 11 is 0. The molecule has 0 amide bonds. The highest BCUT2D eigenvalue weighted by molar-refractivity contribution is 5.71. The van der Waals surface area contributed by atoms with Crippen molar-refractivity contribution < 1.29 is 19.4 Å². The van der Waals surface area contributed by atoms with E-state index in [-0.39, 0.29) is 24.8 Å². The van der Waals surface area contributed by atoms with Gasteiger partial charge in [-0.05, 0) is 49.4 Å². The van der Waals surface area contributed by atoms with Gasteiger partial charge in [0.2, 0.25) is 0 Å². The lowest BCUT2D eigenvalue weighted by Gasteiger charge is -2.23. The smallest absolute Gasteiger partial charge is 0.303 e. The van der Waals surface area contributed by atoms with Crippen molar-refractivity contribution in [2.24, 2.45) is 0 Å². The van der Waals surface area contributed by atoms with E-state index in [0.717, 1.165) is 36.1 Å². The Morgan fingerprint density at radius 2 is 2.09 bits per heavy atom. The molecular formula is C17H19FN2O3. The second-order valence-electron chi connectivity index (χ2n) is 5.85. The first-order valence-electron chi connectivity index (χ1n) is 7.78. The number of nitrogens with zero attached hydrogens (tertiary/aromatic N) is 2. The molecule has 1 aromatic heterocycles. The summed E-state index contributed by atoms with van der Waals surface area (Å²) in [7, 11) is 0. The van der Waals surface area contributed by atoms with Crippen LogP contribution in [0.1, 0.15) is 36.4 Å². The fourth-order valence-corrected chi connectivity index (χ4v) is 3.38. The van der Waals surface area contributed by atoms with E-state index >= 15 is 0 Å². The van der Waals surface area contributed by atoms with E-state index in [9.17, 15) is 19.4 Å². The van der Waals surface area contributed by atoms with Crippen LogP contribution in [-0.4, -0.2) is 32.6 Å². The Bertz CT molecular complexity index is 709. The molecule has 0 radical (unpaired) electrons. The summed E-state index contributed by atoms with van der Waals surface area (Å²) in [6, 6.07) is 6.07. The fourth-order valence-electron chi connectivity index (χ4n) is 3.38. The van der Waals surface area contributed by atoms with Gasteiger partial charge in [0.15, 0.2) is 0 Å². The molecule has 0 saturated heterocycles. The fraction of sp³-hybridized carbons (Fsp3) is 0.412. The predicted octanol–water partition coefficient (Wildman–Crippen LogP) is 2.58. The van der Waals surface area contributed by atoms with Crippen molar-refractivity contribution in [3.8, 4) is 11.3 Å². The van der Waals surface area contributed by atoms with Crippen LogP contribution in [0.25, 0.3) is 11.3 Å². The van der Waals surface area contributed by atoms with Crippen LogP contribution in [-0.2, 0) is 17.8 Å². The molecule has 0 bridgehead atoms. The molecule has 1 unspecified atom stereocenters. The number of carbonyl (C=O) groups is 1. The SMILES string of the molecule is O=C(O)CC1CCCc2c1c(-c1ccc(F)cc1)nn2CCO. The van der Waals surface area contributed by atoms with Crippen molar-refractivity contribution in [3.05, 3.63) is 41.3 Å². The van der Waals surface area contributed by atoms with Gasteiger partial charge in [-0.15, -0.1) is 0 Å². The van der Waals surface area contributed by atoms with Gasteiger partial charge in [-0.25, -0.2) is 4.39 Å². The van der Waals surface area contributed by atoms with E-state index in [1.54, 1.807) is 16.8 Å². The Morgan fingerprint density at radius 1 is 1.35 bits per heavy atom. The van der Waals surface area contributed by atoms with Crippen molar-refractivity contribution in [2.75, 3.05) is 6.61 Å². The molecule has 0 spiro atoms. The number of hydrogen-bond acceptors (Lipinski definition) is 3. The first-order chi connectivity index (χ1) is 11.1. The molecule has 6 heteroatoms. The minimum absolute atomic E-state index is 0.0272. The lowest BCUT2D eigenvalue weighted by atomic mass is 9.82. The van der Waals surface area contributed by atoms with Crippen LogP contribution >= 0.6 is 0 Å². The minimum atomic E-state index is -0.831. The summed E-state index contributed by atoms with van der Waals surface area (Å²) in [5, 5.41) is 23.0. The molecule has 23 heavy (non-hydrogen) atoms. The number of hydrogen-bond donors (Lipinski definition) is 2. The second kappa shape index (κ2) is 6.50. The van der Waals surface area contributed by atoms with E-state index in [0.29, 0.717) is 12.2 Å². The summed E-state index contributed by atoms with van der Waals surface area (Å²) in [5.41, 5.74) is 3.42. The highest BCUT2D eigenvalue weighted by Crippen LogP contribution is 2.40. The van der Waals surface area contributed by atoms with Crippen molar-refractivity contribution in [1.29, 1.82) is 0 Å². The molecule has 1 atom stereocenters. The summed E-state index contributed by atoms with van der Waals surface area (Å²) in [5.74, 6) is -1.24. The molecule has 0 aliphatic heterocycles. The Morgan fingerprint density at radius 3 is 2.74 bits per heavy atom. The highest BCUT2D eigenvalue weighted by atomic mass is 19.1. The highest BCUT2D eigenvalue weighted by Gasteiger charge is 2.30. The first kappa shape index (κ1) is 15.7. The van der Waals surface area contributed by atoms with E-state index in [4.69, 9.17) is 0 Å². The van der Waals surface area contributed by atoms with E-state index < -0.39 is 5.97 Å². The number of aliphatic hydroxyl groups excluding tert-OH is 1.